The molecule has 1 aliphatic carbocycles. The maximum atomic E-state index is 12.9. The number of hydrogen-bond acceptors (Lipinski definition) is 3. The van der Waals surface area contributed by atoms with Gasteiger partial charge in [-0.25, -0.2) is 4.39 Å². The minimum Gasteiger partial charge on any atom is -0.483 e. The molecule has 6 heteroatoms. The number of carbonyl (C=O) groups excluding carboxylic acids is 1. The van der Waals surface area contributed by atoms with Crippen molar-refractivity contribution in [1.82, 2.24) is 5.32 Å². The first-order valence-corrected chi connectivity index (χ1v) is 7.39. The zero-order chi connectivity index (χ0) is 14.5. The lowest BCUT2D eigenvalue weighted by molar-refractivity contribution is -0.124. The fraction of sp³-hybridized carbons (Fsp3) is 0.500. The van der Waals surface area contributed by atoms with Crippen LogP contribution in [0.3, 0.4) is 0 Å². The Labute approximate surface area is 125 Å². The monoisotopic (exact) mass is 345 g/mol. The van der Waals surface area contributed by atoms with Crippen LogP contribution in [0.1, 0.15) is 25.7 Å². The van der Waals surface area contributed by atoms with E-state index in [0.29, 0.717) is 10.2 Å². The Morgan fingerprint density at radius 2 is 2.10 bits per heavy atom. The molecule has 0 aromatic heterocycles. The molecule has 2 rings (SSSR count). The molecule has 1 amide bonds. The number of rotatable bonds is 4. The van der Waals surface area contributed by atoms with Gasteiger partial charge >= 0.3 is 0 Å². The van der Waals surface area contributed by atoms with Gasteiger partial charge in [-0.3, -0.25) is 4.79 Å². The van der Waals surface area contributed by atoms with Crippen molar-refractivity contribution in [2.75, 3.05) is 6.61 Å². The van der Waals surface area contributed by atoms with Crippen LogP contribution in [0.25, 0.3) is 0 Å². The van der Waals surface area contributed by atoms with Gasteiger partial charge in [0.25, 0.3) is 5.91 Å². The first kappa shape index (κ1) is 15.3. The number of nitrogens with one attached hydrogen (secondary N) is 1. The number of amides is 1. The highest BCUT2D eigenvalue weighted by Crippen LogP contribution is 2.25. The molecule has 2 N–H and O–H groups in total. The van der Waals surface area contributed by atoms with Crippen molar-refractivity contribution in [1.29, 1.82) is 0 Å². The maximum Gasteiger partial charge on any atom is 0.258 e. The van der Waals surface area contributed by atoms with Gasteiger partial charge in [0.1, 0.15) is 11.6 Å². The fourth-order valence-corrected chi connectivity index (χ4v) is 2.69. The lowest BCUT2D eigenvalue weighted by atomic mass is 9.93. The molecule has 0 unspecified atom stereocenters. The number of carbonyl (C=O) groups is 1. The average Bonchev–Trinajstić information content (AvgIpc) is 2.40. The predicted molar refractivity (Wildman–Crippen MR) is 76.0 cm³/mol. The maximum absolute atomic E-state index is 12.9. The first-order chi connectivity index (χ1) is 9.54. The number of halogens is 2. The minimum absolute atomic E-state index is 0.103. The Balaban J connectivity index is 1.77. The first-order valence-electron chi connectivity index (χ1n) is 6.60. The van der Waals surface area contributed by atoms with Crippen LogP contribution in [0.4, 0.5) is 4.39 Å². The van der Waals surface area contributed by atoms with E-state index in [1.165, 1.54) is 18.2 Å². The molecule has 1 aliphatic rings. The molecule has 0 atom stereocenters. The Kier molecular flexibility index (Phi) is 5.37. The topological polar surface area (TPSA) is 58.6 Å². The lowest BCUT2D eigenvalue weighted by Crippen LogP contribution is -2.40. The van der Waals surface area contributed by atoms with Gasteiger partial charge in [0, 0.05) is 6.04 Å². The van der Waals surface area contributed by atoms with Crippen molar-refractivity contribution >= 4 is 21.8 Å². The van der Waals surface area contributed by atoms with E-state index in [1.807, 2.05) is 0 Å². The summed E-state index contributed by atoms with van der Waals surface area (Å²) in [6.45, 7) is -0.108. The van der Waals surface area contributed by atoms with Crippen molar-refractivity contribution in [2.24, 2.45) is 0 Å². The molecule has 1 saturated carbocycles. The van der Waals surface area contributed by atoms with Crippen LogP contribution < -0.4 is 10.1 Å². The molecule has 0 radical (unpaired) electrons. The van der Waals surface area contributed by atoms with Gasteiger partial charge in [-0.05, 0) is 59.8 Å². The number of hydrogen-bond donors (Lipinski definition) is 2. The molecule has 0 saturated heterocycles. The molecule has 0 heterocycles. The van der Waals surface area contributed by atoms with E-state index >= 15 is 0 Å². The zero-order valence-electron chi connectivity index (χ0n) is 10.9. The van der Waals surface area contributed by atoms with Crippen molar-refractivity contribution in [3.63, 3.8) is 0 Å². The van der Waals surface area contributed by atoms with Crippen molar-refractivity contribution in [3.05, 3.63) is 28.5 Å². The van der Waals surface area contributed by atoms with Gasteiger partial charge in [0.05, 0.1) is 10.6 Å². The van der Waals surface area contributed by atoms with Crippen LogP contribution in [0.5, 0.6) is 5.75 Å². The third kappa shape index (κ3) is 4.45. The van der Waals surface area contributed by atoms with E-state index in [0.717, 1.165) is 25.7 Å². The quantitative estimate of drug-likeness (QED) is 0.880. The largest absolute Gasteiger partial charge is 0.483 e. The van der Waals surface area contributed by atoms with E-state index < -0.39 is 0 Å². The smallest absolute Gasteiger partial charge is 0.258 e. The highest BCUT2D eigenvalue weighted by Gasteiger charge is 2.20. The summed E-state index contributed by atoms with van der Waals surface area (Å²) < 4.78 is 18.7. The Hall–Kier alpha value is -1.14. The van der Waals surface area contributed by atoms with Crippen molar-refractivity contribution in [2.45, 2.75) is 37.8 Å². The number of aliphatic hydroxyl groups is 1. The Morgan fingerprint density at radius 3 is 2.75 bits per heavy atom. The van der Waals surface area contributed by atoms with E-state index in [2.05, 4.69) is 21.2 Å². The second kappa shape index (κ2) is 7.04. The fourth-order valence-electron chi connectivity index (χ4n) is 2.23. The van der Waals surface area contributed by atoms with Gasteiger partial charge in [-0.15, -0.1) is 0 Å². The van der Waals surface area contributed by atoms with Gasteiger partial charge in [0.15, 0.2) is 6.61 Å². The van der Waals surface area contributed by atoms with Crippen molar-refractivity contribution in [3.8, 4) is 5.75 Å². The second-order valence-electron chi connectivity index (χ2n) is 4.94. The van der Waals surface area contributed by atoms with Crippen LogP contribution >= 0.6 is 15.9 Å². The van der Waals surface area contributed by atoms with Crippen LogP contribution in [0.15, 0.2) is 22.7 Å². The molecular weight excluding hydrogens is 329 g/mol. The van der Waals surface area contributed by atoms with Crippen LogP contribution in [-0.4, -0.2) is 29.8 Å². The van der Waals surface area contributed by atoms with E-state index in [9.17, 15) is 14.3 Å². The Bertz CT molecular complexity index is 475. The predicted octanol–water partition coefficient (Wildman–Crippen LogP) is 2.39. The lowest BCUT2D eigenvalue weighted by Gasteiger charge is -2.26. The molecule has 0 aliphatic heterocycles. The van der Waals surface area contributed by atoms with Gasteiger partial charge < -0.3 is 15.2 Å². The van der Waals surface area contributed by atoms with Crippen LogP contribution in [0.2, 0.25) is 0 Å². The summed E-state index contributed by atoms with van der Waals surface area (Å²) in [5, 5.41) is 12.3. The summed E-state index contributed by atoms with van der Waals surface area (Å²) in [4.78, 5) is 11.8. The molecule has 1 fully saturated rings. The summed E-state index contributed by atoms with van der Waals surface area (Å²) >= 11 is 3.18. The highest BCUT2D eigenvalue weighted by atomic mass is 79.9. The normalized spacial score (nSPS) is 22.4. The molecular formula is C14H17BrFNO3. The number of benzene rings is 1. The molecule has 20 heavy (non-hydrogen) atoms. The molecule has 1 aromatic rings. The van der Waals surface area contributed by atoms with E-state index in [1.54, 1.807) is 0 Å². The van der Waals surface area contributed by atoms with Gasteiger partial charge in [-0.2, -0.15) is 0 Å². The molecule has 110 valence electrons. The standard InChI is InChI=1S/C14H17BrFNO3/c15-12-7-9(16)1-6-13(12)20-8-14(19)17-10-2-4-11(18)5-3-10/h1,6-7,10-11,18H,2-5,8H2,(H,17,19). The molecule has 1 aromatic carbocycles. The molecule has 4 nitrogen and oxygen atoms in total. The van der Waals surface area contributed by atoms with Crippen LogP contribution in [-0.2, 0) is 4.79 Å². The van der Waals surface area contributed by atoms with Gasteiger partial charge in [0.2, 0.25) is 0 Å². The van der Waals surface area contributed by atoms with E-state index in [-0.39, 0.29) is 30.5 Å². The highest BCUT2D eigenvalue weighted by molar-refractivity contribution is 9.10. The van der Waals surface area contributed by atoms with Crippen molar-refractivity contribution < 1.29 is 19.0 Å². The molecule has 0 spiro atoms. The zero-order valence-corrected chi connectivity index (χ0v) is 12.5. The van der Waals surface area contributed by atoms with Gasteiger partial charge in [-0.1, -0.05) is 0 Å². The number of ether oxygens (including phenoxy) is 1. The summed E-state index contributed by atoms with van der Waals surface area (Å²) in [6.07, 6.45) is 2.76. The minimum atomic E-state index is -0.366. The third-order valence-electron chi connectivity index (χ3n) is 3.31. The summed E-state index contributed by atoms with van der Waals surface area (Å²) in [5.41, 5.74) is 0. The second-order valence-corrected chi connectivity index (χ2v) is 5.79. The molecule has 0 bridgehead atoms. The summed E-state index contributed by atoms with van der Waals surface area (Å²) in [7, 11) is 0. The van der Waals surface area contributed by atoms with E-state index in [4.69, 9.17) is 4.74 Å². The number of aliphatic hydroxyl groups excluding tert-OH is 1. The summed E-state index contributed by atoms with van der Waals surface area (Å²) in [5.74, 6) is -0.141. The third-order valence-corrected chi connectivity index (χ3v) is 3.93. The average molecular weight is 346 g/mol. The summed E-state index contributed by atoms with van der Waals surface area (Å²) in [6, 6.07) is 4.14. The SMILES string of the molecule is O=C(COc1ccc(F)cc1Br)NC1CCC(O)CC1. The van der Waals surface area contributed by atoms with Crippen LogP contribution in [0, 0.1) is 5.82 Å². The Morgan fingerprint density at radius 1 is 1.40 bits per heavy atom.